The highest BCUT2D eigenvalue weighted by Gasteiger charge is 2.47. The average molecular weight is 1430 g/mol. The van der Waals surface area contributed by atoms with Crippen LogP contribution in [0.1, 0.15) is 90.4 Å². The minimum Gasteiger partial charge on any atom is -0.507 e. The number of aliphatic hydroxyl groups is 6. The number of likely N-dealkylation sites (N-methyl/N-ethyl adjacent to an activating group) is 1. The number of carbonyl (C=O) groups is 8. The molecule has 37 heteroatoms. The number of aromatic hydroxyl groups is 3. The number of carboxylic acids is 1. The molecule has 1 fully saturated rings. The lowest BCUT2D eigenvalue weighted by Crippen LogP contribution is -2.60. The first-order valence-corrected chi connectivity index (χ1v) is 32.4. The predicted octanol–water partition coefficient (Wildman–Crippen LogP) is -0.907. The molecule has 14 atom stereocenters. The van der Waals surface area contributed by atoms with Gasteiger partial charge in [0.1, 0.15) is 95.6 Å². The number of aliphatic hydroxyl groups excluding tert-OH is 6. The molecule has 1 saturated heterocycles. The van der Waals surface area contributed by atoms with E-state index in [4.69, 9.17) is 47.9 Å². The topological polar surface area (TPSA) is 556 Å². The molecular formula is C61H68Cl2N9O25P. The molecule has 22 N–H and O–H groups in total. The van der Waals surface area contributed by atoms with E-state index >= 15 is 14.4 Å². The first kappa shape index (κ1) is 73.3. The maximum absolute atomic E-state index is 15.9. The van der Waals surface area contributed by atoms with Crippen molar-refractivity contribution >= 4 is 78.1 Å². The van der Waals surface area contributed by atoms with E-state index < -0.39 is 245 Å². The van der Waals surface area contributed by atoms with Crippen LogP contribution in [0, 0.1) is 5.92 Å². The van der Waals surface area contributed by atoms with E-state index in [1.807, 2.05) is 0 Å². The molecule has 6 aliphatic rings. The lowest BCUT2D eigenvalue weighted by Gasteiger charge is -2.39. The number of phenols is 3. The molecule has 0 spiro atoms. The Morgan fingerprint density at radius 3 is 1.86 bits per heavy atom. The molecule has 0 aromatic heterocycles. The molecule has 0 radical (unpaired) electrons. The van der Waals surface area contributed by atoms with Gasteiger partial charge in [0.25, 0.3) is 0 Å². The summed E-state index contributed by atoms with van der Waals surface area (Å²) in [5.74, 6) is -17.1. The van der Waals surface area contributed by atoms with Crippen LogP contribution in [0.5, 0.6) is 46.0 Å². The SMILES string of the molecule is CN[C@H](CC(C)C)C(=O)N[C@H]1C(=O)N[C@@H](CC(N)=O)C(=O)N[C@H]2C(=O)NC3C(=O)N[C@H](C(=O)N[C@H](C(=O)O)c4cc(O)c(CNCP(=O)(O)O)c(O)c4-c4cc3ccc4O)[C@H](O)c3ccc(c(Cl)c3)Oc3cc2cc(c3OC2OC(CO)C(O)C(O)C2O)Oc2ccc(cc2Cl)[C@H]1O. The van der Waals surface area contributed by atoms with E-state index in [0.29, 0.717) is 0 Å². The molecule has 7 amide bonds. The van der Waals surface area contributed by atoms with E-state index in [0.717, 1.165) is 66.7 Å². The maximum atomic E-state index is 15.9. The van der Waals surface area contributed by atoms with Gasteiger partial charge in [0.05, 0.1) is 41.0 Å². The zero-order valence-electron chi connectivity index (χ0n) is 51.6. The first-order chi connectivity index (χ1) is 46.2. The van der Waals surface area contributed by atoms with Gasteiger partial charge in [-0.25, -0.2) is 4.79 Å². The van der Waals surface area contributed by atoms with Gasteiger partial charge >= 0.3 is 13.6 Å². The number of fused-ring (bicyclic) bond motifs is 15. The predicted molar refractivity (Wildman–Crippen MR) is 337 cm³/mol. The zero-order valence-corrected chi connectivity index (χ0v) is 54.0. The van der Waals surface area contributed by atoms with Crippen LogP contribution in [0.4, 0.5) is 0 Å². The van der Waals surface area contributed by atoms with Crippen LogP contribution in [0.15, 0.2) is 72.8 Å². The van der Waals surface area contributed by atoms with Gasteiger partial charge in [-0.15, -0.1) is 0 Å². The molecule has 6 heterocycles. The largest absolute Gasteiger partial charge is 0.507 e. The molecule has 11 rings (SSSR count). The molecule has 5 aromatic carbocycles. The van der Waals surface area contributed by atoms with Crippen molar-refractivity contribution < 1.29 is 123 Å². The van der Waals surface area contributed by atoms with Gasteiger partial charge in [-0.2, -0.15) is 0 Å². The van der Waals surface area contributed by atoms with Crippen molar-refractivity contribution in [3.8, 4) is 57.1 Å². The van der Waals surface area contributed by atoms with Gasteiger partial charge in [0.2, 0.25) is 53.4 Å². The number of nitrogens with one attached hydrogen (secondary N) is 8. The molecule has 0 aliphatic carbocycles. The smallest absolute Gasteiger partial charge is 0.339 e. The minimum absolute atomic E-state index is 0.106. The Morgan fingerprint density at radius 2 is 1.29 bits per heavy atom. The highest BCUT2D eigenvalue weighted by atomic mass is 35.5. The van der Waals surface area contributed by atoms with Gasteiger partial charge in [-0.3, -0.25) is 38.1 Å². The number of rotatable bonds is 15. The van der Waals surface area contributed by atoms with Gasteiger partial charge in [0, 0.05) is 23.2 Å². The van der Waals surface area contributed by atoms with Crippen LogP contribution < -0.4 is 62.5 Å². The number of halogens is 2. The van der Waals surface area contributed by atoms with Crippen LogP contribution in [0.3, 0.4) is 0 Å². The van der Waals surface area contributed by atoms with Gasteiger partial charge in [-0.05, 0) is 96.2 Å². The quantitative estimate of drug-likeness (QED) is 0.0564. The normalized spacial score (nSPS) is 25.4. The van der Waals surface area contributed by atoms with E-state index in [1.165, 1.54) is 13.1 Å². The van der Waals surface area contributed by atoms with Crippen LogP contribution in [0.25, 0.3) is 11.1 Å². The molecular weight excluding hydrogens is 1360 g/mol. The molecule has 98 heavy (non-hydrogen) atoms. The third-order valence-electron chi connectivity index (χ3n) is 16.3. The number of amides is 7. The number of ether oxygens (including phenoxy) is 4. The van der Waals surface area contributed by atoms with Crippen molar-refractivity contribution in [2.45, 2.75) is 118 Å². The summed E-state index contributed by atoms with van der Waals surface area (Å²) in [6, 6.07) is -2.54. The summed E-state index contributed by atoms with van der Waals surface area (Å²) in [5.41, 5.74) is 1.62. The third-order valence-corrected chi connectivity index (χ3v) is 17.5. The first-order valence-electron chi connectivity index (χ1n) is 29.8. The Hall–Kier alpha value is -8.97. The second-order valence-electron chi connectivity index (χ2n) is 23.7. The standard InChI is InChI=1S/C61H68Cl2N9O25P/c1-21(2)10-31(65-3)54(83)71-45-47(77)23-5-8-35(29(62)12-23)94-37-14-25-15-38(53(37)97-61-52(82)51(81)50(80)39(19-73)96-61)95-36-9-6-24(13-30(36)63)48(78)46-59(88)70-44(60(89)90)27-16-34(75)28(18-66-20-98(91,92)93)49(79)41(27)26-11-22(4-7-33(26)74)42(56(85)72-46)69-57(86)43(25)68-55(84)32(17-40(64)76)67-58(45)87/h4-9,11-16,21,31-32,39,42-48,50-52,61,65-66,73-75,77-82H,10,17-20H2,1-3H3,(H2,64,76)(H,67,87)(H,68,84)(H,69,86)(H,70,88)(H,71,83)(H,72,85)(H,89,90)(H2,91,92,93)/t31-,32+,39?,42?,43-,44+,45-,46+,47-,48-,50?,51?,52?,61?/m1/s1. The number of hydrogen-bond acceptors (Lipinski definition) is 24. The number of carboxylic acid groups (broad SMARTS) is 1. The summed E-state index contributed by atoms with van der Waals surface area (Å²) in [6.07, 6.45) is -16.2. The Bertz CT molecular complexity index is 4030. The van der Waals surface area contributed by atoms with Gasteiger partial charge in [0.15, 0.2) is 17.5 Å². The Labute approximate surface area is 564 Å². The summed E-state index contributed by atoms with van der Waals surface area (Å²) in [7, 11) is -3.36. The number of nitrogens with two attached hydrogens (primary N) is 1. The molecule has 0 saturated carbocycles. The van der Waals surface area contributed by atoms with Crippen molar-refractivity contribution in [1.29, 1.82) is 0 Å². The Balaban J connectivity index is 1.32. The van der Waals surface area contributed by atoms with Crippen LogP contribution >= 0.6 is 30.8 Å². The monoisotopic (exact) mass is 1430 g/mol. The van der Waals surface area contributed by atoms with E-state index in [2.05, 4.69) is 42.5 Å². The minimum atomic E-state index is -4.82. The number of phenolic OH excluding ortho intramolecular Hbond substituents is 3. The lowest BCUT2D eigenvalue weighted by molar-refractivity contribution is -0.277. The Morgan fingerprint density at radius 1 is 0.694 bits per heavy atom. The fraction of sp³-hybridized carbons (Fsp3) is 0.377. The molecule has 6 unspecified atom stereocenters. The average Bonchev–Trinajstić information content (AvgIpc) is 0.762. The van der Waals surface area contributed by atoms with Crippen molar-refractivity contribution in [1.82, 2.24) is 42.5 Å². The third kappa shape index (κ3) is 15.9. The summed E-state index contributed by atoms with van der Waals surface area (Å²) in [4.78, 5) is 136. The van der Waals surface area contributed by atoms with E-state index in [-0.39, 0.29) is 34.2 Å². The molecule has 6 aliphatic heterocycles. The highest BCUT2D eigenvalue weighted by molar-refractivity contribution is 7.51. The van der Waals surface area contributed by atoms with Crippen LogP contribution in [-0.2, 0) is 54.2 Å². The van der Waals surface area contributed by atoms with E-state index in [1.54, 1.807) is 13.8 Å². The maximum Gasteiger partial charge on any atom is 0.339 e. The Kier molecular flexibility index (Phi) is 22.4. The summed E-state index contributed by atoms with van der Waals surface area (Å²) >= 11 is 13.9. The van der Waals surface area contributed by atoms with Crippen LogP contribution in [0.2, 0.25) is 10.0 Å². The highest BCUT2D eigenvalue weighted by Crippen LogP contribution is 2.50. The fourth-order valence-electron chi connectivity index (χ4n) is 11.3. The second-order valence-corrected chi connectivity index (χ2v) is 26.1. The van der Waals surface area contributed by atoms with Crippen molar-refractivity contribution in [2.24, 2.45) is 11.7 Å². The van der Waals surface area contributed by atoms with Crippen molar-refractivity contribution in [2.75, 3.05) is 19.9 Å². The van der Waals surface area contributed by atoms with Crippen molar-refractivity contribution in [3.63, 3.8) is 0 Å². The molecule has 526 valence electrons. The number of hydrogen-bond donors (Lipinski definition) is 21. The van der Waals surface area contributed by atoms with Crippen LogP contribution in [-0.4, -0.2) is 183 Å². The lowest BCUT2D eigenvalue weighted by atomic mass is 9.88. The fourth-order valence-corrected chi connectivity index (χ4v) is 12.2. The van der Waals surface area contributed by atoms with Gasteiger partial charge < -0.3 is 128 Å². The summed E-state index contributed by atoms with van der Waals surface area (Å²) < 4.78 is 36.7. The van der Waals surface area contributed by atoms with Crippen molar-refractivity contribution in [3.05, 3.63) is 116 Å². The van der Waals surface area contributed by atoms with Gasteiger partial charge in [-0.1, -0.05) is 55.2 Å². The number of benzene rings is 5. The molecule has 5 aromatic rings. The number of primary amides is 1. The molecule has 34 nitrogen and oxygen atoms in total. The molecule has 11 bridgehead atoms. The number of carbonyl (C=O) groups excluding carboxylic acids is 7. The summed E-state index contributed by atoms with van der Waals surface area (Å²) in [6.45, 7) is 1.87. The zero-order chi connectivity index (χ0) is 71.7. The number of aliphatic carboxylic acids is 1. The second kappa shape index (κ2) is 30.0. The van der Waals surface area contributed by atoms with E-state index in [9.17, 15) is 89.4 Å². The summed E-state index contributed by atoms with van der Waals surface area (Å²) in [5, 5.41) is 132.